The van der Waals surface area contributed by atoms with Crippen molar-refractivity contribution in [2.75, 3.05) is 10.6 Å². The third-order valence-electron chi connectivity index (χ3n) is 4.62. The standard InChI is InChI=1S/C20H15Cl3N4O2/c1-10-18(11-3-2-4-12(21)7-11)19-25-20(29)16(27(19)26-10)9-17(28)24-15-6-5-13(22)8-14(15)23/h2-8,16H,9H2,1H3,(H,24,28)(H,25,29). The summed E-state index contributed by atoms with van der Waals surface area (Å²) in [7, 11) is 0. The average molecular weight is 450 g/mol. The summed E-state index contributed by atoms with van der Waals surface area (Å²) in [6, 6.07) is 11.3. The number of nitrogens with one attached hydrogen (secondary N) is 2. The van der Waals surface area contributed by atoms with Crippen LogP contribution in [0.3, 0.4) is 0 Å². The molecule has 29 heavy (non-hydrogen) atoms. The molecule has 1 aromatic heterocycles. The summed E-state index contributed by atoms with van der Waals surface area (Å²) in [5.41, 5.74) is 2.78. The zero-order chi connectivity index (χ0) is 20.7. The van der Waals surface area contributed by atoms with Crippen LogP contribution >= 0.6 is 34.8 Å². The third kappa shape index (κ3) is 3.83. The maximum Gasteiger partial charge on any atom is 0.251 e. The number of amides is 2. The van der Waals surface area contributed by atoms with Crippen molar-refractivity contribution in [3.63, 3.8) is 0 Å². The lowest BCUT2D eigenvalue weighted by Crippen LogP contribution is -2.23. The molecule has 0 saturated carbocycles. The van der Waals surface area contributed by atoms with Crippen LogP contribution in [0.2, 0.25) is 15.1 Å². The smallest absolute Gasteiger partial charge is 0.251 e. The van der Waals surface area contributed by atoms with E-state index < -0.39 is 6.04 Å². The minimum atomic E-state index is -0.761. The molecule has 1 aliphatic rings. The zero-order valence-electron chi connectivity index (χ0n) is 15.2. The fourth-order valence-corrected chi connectivity index (χ4v) is 3.99. The Labute approximate surface area is 181 Å². The Bertz CT molecular complexity index is 1140. The lowest BCUT2D eigenvalue weighted by Gasteiger charge is -2.11. The predicted molar refractivity (Wildman–Crippen MR) is 115 cm³/mol. The fourth-order valence-electron chi connectivity index (χ4n) is 3.34. The molecule has 0 spiro atoms. The Hall–Kier alpha value is -2.54. The second-order valence-corrected chi connectivity index (χ2v) is 7.93. The van der Waals surface area contributed by atoms with Crippen molar-refractivity contribution in [3.8, 4) is 11.1 Å². The van der Waals surface area contributed by atoms with Crippen LogP contribution in [-0.2, 0) is 9.59 Å². The first-order valence-electron chi connectivity index (χ1n) is 8.74. The van der Waals surface area contributed by atoms with E-state index in [0.717, 1.165) is 16.8 Å². The van der Waals surface area contributed by atoms with Crippen LogP contribution in [-0.4, -0.2) is 21.6 Å². The molecule has 0 saturated heterocycles. The number of carbonyl (C=O) groups is 2. The largest absolute Gasteiger partial charge is 0.325 e. The topological polar surface area (TPSA) is 76.0 Å². The molecule has 1 aliphatic heterocycles. The number of hydrogen-bond donors (Lipinski definition) is 2. The van der Waals surface area contributed by atoms with Crippen molar-refractivity contribution < 1.29 is 9.59 Å². The van der Waals surface area contributed by atoms with Gasteiger partial charge in [-0.1, -0.05) is 46.9 Å². The molecule has 148 valence electrons. The molecular formula is C20H15Cl3N4O2. The van der Waals surface area contributed by atoms with Crippen LogP contribution < -0.4 is 10.6 Å². The van der Waals surface area contributed by atoms with Crippen LogP contribution in [0.15, 0.2) is 42.5 Å². The summed E-state index contributed by atoms with van der Waals surface area (Å²) < 4.78 is 1.55. The van der Waals surface area contributed by atoms with Gasteiger partial charge in [0, 0.05) is 15.6 Å². The number of halogens is 3. The van der Waals surface area contributed by atoms with E-state index >= 15 is 0 Å². The van der Waals surface area contributed by atoms with Crippen LogP contribution in [0.4, 0.5) is 11.5 Å². The van der Waals surface area contributed by atoms with Gasteiger partial charge in [-0.3, -0.25) is 9.59 Å². The Morgan fingerprint density at radius 2 is 1.93 bits per heavy atom. The molecule has 3 aromatic rings. The first-order chi connectivity index (χ1) is 13.8. The highest BCUT2D eigenvalue weighted by atomic mass is 35.5. The van der Waals surface area contributed by atoms with Crippen LogP contribution in [0.5, 0.6) is 0 Å². The van der Waals surface area contributed by atoms with Crippen molar-refractivity contribution in [2.45, 2.75) is 19.4 Å². The number of anilines is 2. The van der Waals surface area contributed by atoms with E-state index in [1.165, 1.54) is 6.07 Å². The number of fused-ring (bicyclic) bond motifs is 1. The maximum atomic E-state index is 12.5. The Balaban J connectivity index is 1.59. The van der Waals surface area contributed by atoms with Gasteiger partial charge in [-0.15, -0.1) is 0 Å². The van der Waals surface area contributed by atoms with E-state index in [1.54, 1.807) is 28.9 Å². The summed E-state index contributed by atoms with van der Waals surface area (Å²) in [5.74, 6) is -0.107. The Kier molecular flexibility index (Phi) is 5.25. The second kappa shape index (κ2) is 7.71. The SMILES string of the molecule is Cc1nn2c(c1-c1cccc(Cl)c1)NC(=O)C2CC(=O)Nc1ccc(Cl)cc1Cl. The first kappa shape index (κ1) is 19.8. The summed E-state index contributed by atoms with van der Waals surface area (Å²) in [6.07, 6.45) is -0.0894. The number of nitrogens with zero attached hydrogens (tertiary/aromatic N) is 2. The quantitative estimate of drug-likeness (QED) is 0.564. The van der Waals surface area contributed by atoms with Gasteiger partial charge < -0.3 is 10.6 Å². The molecule has 9 heteroatoms. The molecule has 4 rings (SSSR count). The van der Waals surface area contributed by atoms with Gasteiger partial charge in [-0.25, -0.2) is 4.68 Å². The van der Waals surface area contributed by atoms with Crippen molar-refractivity contribution >= 4 is 58.1 Å². The minimum absolute atomic E-state index is 0.0894. The van der Waals surface area contributed by atoms with Gasteiger partial charge in [-0.05, 0) is 42.8 Å². The van der Waals surface area contributed by atoms with Gasteiger partial charge in [-0.2, -0.15) is 5.10 Å². The highest BCUT2D eigenvalue weighted by molar-refractivity contribution is 6.36. The fraction of sp³-hybridized carbons (Fsp3) is 0.150. The van der Waals surface area contributed by atoms with Crippen molar-refractivity contribution in [3.05, 3.63) is 63.2 Å². The molecule has 0 fully saturated rings. The van der Waals surface area contributed by atoms with Crippen molar-refractivity contribution in [1.29, 1.82) is 0 Å². The molecule has 0 radical (unpaired) electrons. The van der Waals surface area contributed by atoms with E-state index in [-0.39, 0.29) is 18.2 Å². The lowest BCUT2D eigenvalue weighted by atomic mass is 10.1. The summed E-state index contributed by atoms with van der Waals surface area (Å²) in [4.78, 5) is 25.1. The number of aromatic nitrogens is 2. The molecular weight excluding hydrogens is 435 g/mol. The second-order valence-electron chi connectivity index (χ2n) is 6.65. The van der Waals surface area contributed by atoms with Crippen molar-refractivity contribution in [1.82, 2.24) is 9.78 Å². The molecule has 2 N–H and O–H groups in total. The normalized spacial score (nSPS) is 15.2. The first-order valence-corrected chi connectivity index (χ1v) is 9.87. The van der Waals surface area contributed by atoms with Gasteiger partial charge in [0.05, 0.1) is 22.8 Å². The minimum Gasteiger partial charge on any atom is -0.325 e. The predicted octanol–water partition coefficient (Wildman–Crippen LogP) is 5.34. The molecule has 1 unspecified atom stereocenters. The summed E-state index contributed by atoms with van der Waals surface area (Å²) in [5, 5.41) is 11.4. The molecule has 6 nitrogen and oxygen atoms in total. The molecule has 0 aliphatic carbocycles. The van der Waals surface area contributed by atoms with Gasteiger partial charge in [0.15, 0.2) is 0 Å². The van der Waals surface area contributed by atoms with E-state index in [1.807, 2.05) is 19.1 Å². The van der Waals surface area contributed by atoms with E-state index in [2.05, 4.69) is 15.7 Å². The highest BCUT2D eigenvalue weighted by Crippen LogP contribution is 2.39. The molecule has 2 aromatic carbocycles. The molecule has 0 bridgehead atoms. The molecule has 1 atom stereocenters. The van der Waals surface area contributed by atoms with Crippen LogP contribution in [0.25, 0.3) is 11.1 Å². The molecule has 2 amide bonds. The van der Waals surface area contributed by atoms with Crippen LogP contribution in [0.1, 0.15) is 18.2 Å². The molecule has 2 heterocycles. The van der Waals surface area contributed by atoms with Crippen molar-refractivity contribution in [2.24, 2.45) is 0 Å². The average Bonchev–Trinajstić information content (AvgIpc) is 3.11. The summed E-state index contributed by atoms with van der Waals surface area (Å²) >= 11 is 18.1. The van der Waals surface area contributed by atoms with Gasteiger partial charge >= 0.3 is 0 Å². The number of aryl methyl sites for hydroxylation is 1. The van der Waals surface area contributed by atoms with Crippen LogP contribution in [0, 0.1) is 6.92 Å². The number of benzene rings is 2. The number of hydrogen-bond acceptors (Lipinski definition) is 3. The number of rotatable bonds is 4. The Morgan fingerprint density at radius 1 is 1.17 bits per heavy atom. The van der Waals surface area contributed by atoms with Gasteiger partial charge in [0.2, 0.25) is 5.91 Å². The zero-order valence-corrected chi connectivity index (χ0v) is 17.4. The van der Waals surface area contributed by atoms with E-state index in [4.69, 9.17) is 34.8 Å². The highest BCUT2D eigenvalue weighted by Gasteiger charge is 2.36. The van der Waals surface area contributed by atoms with Gasteiger partial charge in [0.1, 0.15) is 11.9 Å². The Morgan fingerprint density at radius 3 is 2.66 bits per heavy atom. The monoisotopic (exact) mass is 448 g/mol. The van der Waals surface area contributed by atoms with Gasteiger partial charge in [0.25, 0.3) is 5.91 Å². The lowest BCUT2D eigenvalue weighted by molar-refractivity contribution is -0.123. The number of carbonyl (C=O) groups excluding carboxylic acids is 2. The van der Waals surface area contributed by atoms with E-state index in [9.17, 15) is 9.59 Å². The van der Waals surface area contributed by atoms with E-state index in [0.29, 0.717) is 26.6 Å². The maximum absolute atomic E-state index is 12.5. The summed E-state index contributed by atoms with van der Waals surface area (Å²) in [6.45, 7) is 1.85. The third-order valence-corrected chi connectivity index (χ3v) is 5.41.